The van der Waals surface area contributed by atoms with Gasteiger partial charge in [0, 0.05) is 36.9 Å². The highest BCUT2D eigenvalue weighted by Gasteiger charge is 2.34. The number of hydrogen-bond donors (Lipinski definition) is 0. The molecular weight excluding hydrogens is 514 g/mol. The number of alkyl halides is 5. The molecule has 38 heavy (non-hydrogen) atoms. The van der Waals surface area contributed by atoms with Crippen LogP contribution in [0.4, 0.5) is 26.3 Å². The first kappa shape index (κ1) is 24.8. The average Bonchev–Trinajstić information content (AvgIpc) is 3.51. The normalized spacial score (nSPS) is 20.5. The molecule has 2 fully saturated rings. The summed E-state index contributed by atoms with van der Waals surface area (Å²) in [5, 5.41) is 4.41. The van der Waals surface area contributed by atoms with E-state index < -0.39 is 29.8 Å². The number of rotatable bonds is 5. The molecule has 7 nitrogen and oxygen atoms in total. The molecule has 1 aliphatic heterocycles. The van der Waals surface area contributed by atoms with E-state index in [9.17, 15) is 22.0 Å². The molecular formula is C25H22F6N6O. The van der Waals surface area contributed by atoms with E-state index >= 15 is 4.39 Å². The van der Waals surface area contributed by atoms with Crippen LogP contribution in [-0.4, -0.2) is 35.9 Å². The van der Waals surface area contributed by atoms with Crippen LogP contribution in [0.15, 0.2) is 30.6 Å². The first-order valence-electron chi connectivity index (χ1n) is 12.2. The smallest absolute Gasteiger partial charge is 0.373 e. The highest BCUT2D eigenvalue weighted by atomic mass is 19.4. The summed E-state index contributed by atoms with van der Waals surface area (Å²) in [5.41, 5.74) is -0.688. The van der Waals surface area contributed by atoms with Gasteiger partial charge in [0.05, 0.1) is 23.9 Å². The van der Waals surface area contributed by atoms with Crippen molar-refractivity contribution in [3.63, 3.8) is 0 Å². The molecule has 6 rings (SSSR count). The molecule has 200 valence electrons. The van der Waals surface area contributed by atoms with Crippen molar-refractivity contribution in [1.82, 2.24) is 29.3 Å². The number of aromatic nitrogens is 6. The molecule has 2 aliphatic rings. The Morgan fingerprint density at radius 1 is 1.08 bits per heavy atom. The molecule has 0 amide bonds. The zero-order valence-corrected chi connectivity index (χ0v) is 20.1. The summed E-state index contributed by atoms with van der Waals surface area (Å²) < 4.78 is 90.7. The van der Waals surface area contributed by atoms with E-state index in [2.05, 4.69) is 20.1 Å². The number of aryl methyl sites for hydroxylation is 1. The summed E-state index contributed by atoms with van der Waals surface area (Å²) >= 11 is 0. The fraction of sp³-hybridized carbons (Fsp3) is 0.440. The number of nitrogens with zero attached hydrogens (tertiary/aromatic N) is 6. The summed E-state index contributed by atoms with van der Waals surface area (Å²) in [6, 6.07) is 2.47. The Hall–Kier alpha value is -3.48. The van der Waals surface area contributed by atoms with Crippen LogP contribution in [-0.2, 0) is 18.0 Å². The number of benzene rings is 1. The number of hydrogen-bond acceptors (Lipinski definition) is 5. The van der Waals surface area contributed by atoms with Crippen molar-refractivity contribution in [3.05, 3.63) is 59.2 Å². The van der Waals surface area contributed by atoms with E-state index in [4.69, 9.17) is 4.74 Å². The van der Waals surface area contributed by atoms with Crippen LogP contribution in [0.3, 0.4) is 0 Å². The molecule has 13 heteroatoms. The molecule has 0 unspecified atom stereocenters. The molecule has 1 aromatic carbocycles. The average molecular weight is 536 g/mol. The molecule has 3 aromatic heterocycles. The quantitative estimate of drug-likeness (QED) is 0.280. The predicted octanol–water partition coefficient (Wildman–Crippen LogP) is 6.29. The van der Waals surface area contributed by atoms with Crippen molar-refractivity contribution in [2.24, 2.45) is 7.05 Å². The van der Waals surface area contributed by atoms with Crippen molar-refractivity contribution >= 4 is 11.2 Å². The molecule has 0 radical (unpaired) electrons. The molecule has 1 saturated carbocycles. The first-order valence-corrected chi connectivity index (χ1v) is 12.2. The Kier molecular flexibility index (Phi) is 5.93. The topological polar surface area (TPSA) is 70.7 Å². The molecule has 4 heterocycles. The van der Waals surface area contributed by atoms with Crippen LogP contribution in [0.2, 0.25) is 0 Å². The zero-order chi connectivity index (χ0) is 26.8. The Morgan fingerprint density at radius 3 is 2.55 bits per heavy atom. The Labute approximate surface area is 212 Å². The van der Waals surface area contributed by atoms with Gasteiger partial charge in [0.15, 0.2) is 11.5 Å². The molecule has 1 aliphatic carbocycles. The maximum absolute atomic E-state index is 15.1. The van der Waals surface area contributed by atoms with Gasteiger partial charge in [0.2, 0.25) is 0 Å². The third-order valence-electron chi connectivity index (χ3n) is 7.09. The molecule has 0 spiro atoms. The van der Waals surface area contributed by atoms with Gasteiger partial charge in [0.1, 0.15) is 22.9 Å². The fourth-order valence-corrected chi connectivity index (χ4v) is 4.92. The maximum atomic E-state index is 15.1. The van der Waals surface area contributed by atoms with E-state index in [-0.39, 0.29) is 40.3 Å². The third-order valence-corrected chi connectivity index (χ3v) is 7.09. The van der Waals surface area contributed by atoms with Crippen molar-refractivity contribution in [2.75, 3.05) is 6.61 Å². The fourth-order valence-electron chi connectivity index (χ4n) is 4.92. The lowest BCUT2D eigenvalue weighted by Crippen LogP contribution is -2.20. The van der Waals surface area contributed by atoms with Crippen molar-refractivity contribution in [3.8, 4) is 11.3 Å². The van der Waals surface area contributed by atoms with Crippen LogP contribution in [0.25, 0.3) is 22.4 Å². The lowest BCUT2D eigenvalue weighted by atomic mass is 9.92. The number of ether oxygens (including phenoxy) is 1. The lowest BCUT2D eigenvalue weighted by molar-refractivity contribution is -0.137. The second-order valence-corrected chi connectivity index (χ2v) is 9.69. The van der Waals surface area contributed by atoms with Gasteiger partial charge >= 0.3 is 6.18 Å². The standard InChI is InChI=1S/C25H22F6N6O/c1-36-20-19(16-5-2-14(9-17(16)26)25(29,30)31)33-22(34-23(20)35-24(36)21(27)28)12-6-7-38-18(8-12)13-10-32-37(11-13)15-3-4-15/h2,5,9-12,15,18,21H,3-4,6-8H2,1H3/t12-,18+/m0/s1. The van der Waals surface area contributed by atoms with Crippen LogP contribution in [0, 0.1) is 5.82 Å². The van der Waals surface area contributed by atoms with Gasteiger partial charge in [0.25, 0.3) is 6.43 Å². The predicted molar refractivity (Wildman–Crippen MR) is 123 cm³/mol. The van der Waals surface area contributed by atoms with Gasteiger partial charge in [-0.15, -0.1) is 0 Å². The Morgan fingerprint density at radius 2 is 1.87 bits per heavy atom. The van der Waals surface area contributed by atoms with Gasteiger partial charge in [-0.05, 0) is 43.9 Å². The summed E-state index contributed by atoms with van der Waals surface area (Å²) in [5.74, 6) is -1.82. The molecule has 4 aromatic rings. The minimum Gasteiger partial charge on any atom is -0.373 e. The minimum absolute atomic E-state index is 0.0111. The zero-order valence-electron chi connectivity index (χ0n) is 20.1. The van der Waals surface area contributed by atoms with Crippen LogP contribution >= 0.6 is 0 Å². The third kappa shape index (κ3) is 4.42. The van der Waals surface area contributed by atoms with Crippen LogP contribution < -0.4 is 0 Å². The number of fused-ring (bicyclic) bond motifs is 1. The molecule has 0 bridgehead atoms. The van der Waals surface area contributed by atoms with Crippen LogP contribution in [0.5, 0.6) is 0 Å². The lowest BCUT2D eigenvalue weighted by Gasteiger charge is -2.28. The van der Waals surface area contributed by atoms with E-state index in [1.165, 1.54) is 7.05 Å². The second kappa shape index (κ2) is 9.07. The number of halogens is 6. The number of imidazole rings is 1. The van der Waals surface area contributed by atoms with Gasteiger partial charge in [-0.2, -0.15) is 18.3 Å². The van der Waals surface area contributed by atoms with E-state index in [0.29, 0.717) is 31.6 Å². The van der Waals surface area contributed by atoms with Gasteiger partial charge in [-0.25, -0.2) is 28.1 Å². The first-order chi connectivity index (χ1) is 18.1. The summed E-state index contributed by atoms with van der Waals surface area (Å²) in [6.45, 7) is 0.375. The molecule has 2 atom stereocenters. The SMILES string of the molecule is Cn1c(C(F)F)nc2nc([C@H]3CCO[C@@H](c4cnn(C5CC5)c4)C3)nc(-c3ccc(C(F)(F)F)cc3F)c21. The maximum Gasteiger partial charge on any atom is 0.416 e. The van der Waals surface area contributed by atoms with E-state index in [0.717, 1.165) is 35.1 Å². The highest BCUT2D eigenvalue weighted by molar-refractivity contribution is 5.88. The van der Waals surface area contributed by atoms with Gasteiger partial charge in [-0.3, -0.25) is 4.68 Å². The molecule has 0 N–H and O–H groups in total. The van der Waals surface area contributed by atoms with Crippen LogP contribution in [0.1, 0.15) is 72.9 Å². The van der Waals surface area contributed by atoms with Crippen molar-refractivity contribution in [2.45, 2.75) is 56.3 Å². The van der Waals surface area contributed by atoms with E-state index in [1.807, 2.05) is 10.9 Å². The largest absolute Gasteiger partial charge is 0.416 e. The second-order valence-electron chi connectivity index (χ2n) is 9.69. The summed E-state index contributed by atoms with van der Waals surface area (Å²) in [7, 11) is 1.31. The summed E-state index contributed by atoms with van der Waals surface area (Å²) in [4.78, 5) is 13.0. The highest BCUT2D eigenvalue weighted by Crippen LogP contribution is 2.41. The summed E-state index contributed by atoms with van der Waals surface area (Å²) in [6.07, 6.45) is -1.14. The van der Waals surface area contributed by atoms with Gasteiger partial charge in [-0.1, -0.05) is 0 Å². The Bertz CT molecular complexity index is 1510. The minimum atomic E-state index is -4.74. The van der Waals surface area contributed by atoms with Crippen molar-refractivity contribution in [1.29, 1.82) is 0 Å². The van der Waals surface area contributed by atoms with Gasteiger partial charge < -0.3 is 9.30 Å². The van der Waals surface area contributed by atoms with Crippen molar-refractivity contribution < 1.29 is 31.1 Å². The molecule has 1 saturated heterocycles. The monoisotopic (exact) mass is 536 g/mol. The van der Waals surface area contributed by atoms with E-state index in [1.54, 1.807) is 6.20 Å². The Balaban J connectivity index is 1.42.